The number of aliphatic imine (C=N–C) groups is 1. The van der Waals surface area contributed by atoms with E-state index in [1.807, 2.05) is 0 Å². The van der Waals surface area contributed by atoms with E-state index in [1.165, 1.54) is 7.11 Å². The lowest BCUT2D eigenvalue weighted by Crippen LogP contribution is -2.26. The summed E-state index contributed by atoms with van der Waals surface area (Å²) in [6, 6.07) is 0. The molecule has 9 heteroatoms. The smallest absolute Gasteiger partial charge is 0.429 e. The van der Waals surface area contributed by atoms with E-state index in [2.05, 4.69) is 11.6 Å². The predicted octanol–water partition coefficient (Wildman–Crippen LogP) is 3.88. The Kier molecular flexibility index (Phi) is 9.45. The molecule has 0 saturated heterocycles. The van der Waals surface area contributed by atoms with E-state index in [9.17, 15) is 27.9 Å². The number of hydrogen-bond acceptors (Lipinski definition) is 6. The summed E-state index contributed by atoms with van der Waals surface area (Å²) in [7, 11) is 1.43. The number of carbonyl (C=O) groups excluding carboxylic acids is 2. The minimum atomic E-state index is -4.71. The maximum atomic E-state index is 13.0. The number of aliphatic hydroxyl groups is 1. The van der Waals surface area contributed by atoms with Gasteiger partial charge in [0.15, 0.2) is 5.78 Å². The van der Waals surface area contributed by atoms with Gasteiger partial charge in [-0.15, -0.1) is 0 Å². The molecular formula is C20H26F3NO5. The van der Waals surface area contributed by atoms with Crippen LogP contribution in [0.3, 0.4) is 0 Å². The van der Waals surface area contributed by atoms with Crippen LogP contribution < -0.4 is 0 Å². The third kappa shape index (κ3) is 6.64. The molecule has 0 aromatic carbocycles. The molecule has 0 aliphatic heterocycles. The van der Waals surface area contributed by atoms with E-state index in [1.54, 1.807) is 6.92 Å². The molecule has 1 atom stereocenters. The Morgan fingerprint density at radius 3 is 2.55 bits per heavy atom. The molecule has 0 aromatic heterocycles. The standard InChI is InChI=1S/C20H26F3NO5/c1-5-13-7-8-16(25)17(18(13)26)19(27)14(6-2)15(11-29-10-9-28-4)24-12(3)20(21,22)23/h6,13,26H,2,5,7-11H2,1,3-4H3/b15-14+,24-12+. The number of aliphatic hydroxyl groups excluding tert-OH is 1. The Morgan fingerprint density at radius 1 is 1.38 bits per heavy atom. The highest BCUT2D eigenvalue weighted by molar-refractivity contribution is 6.27. The van der Waals surface area contributed by atoms with Gasteiger partial charge in [0.2, 0.25) is 5.78 Å². The molecule has 0 spiro atoms. The highest BCUT2D eigenvalue weighted by Crippen LogP contribution is 2.31. The van der Waals surface area contributed by atoms with Crippen molar-refractivity contribution in [1.29, 1.82) is 0 Å². The number of Topliss-reactive ketones (excluding diaryl/α,β-unsaturated/α-hetero) is 2. The zero-order valence-corrected chi connectivity index (χ0v) is 16.8. The first-order valence-corrected chi connectivity index (χ1v) is 9.14. The second kappa shape index (κ2) is 11.1. The number of ketones is 2. The highest BCUT2D eigenvalue weighted by atomic mass is 19.4. The van der Waals surface area contributed by atoms with E-state index in [4.69, 9.17) is 9.47 Å². The van der Waals surface area contributed by atoms with Gasteiger partial charge in [0.25, 0.3) is 0 Å². The van der Waals surface area contributed by atoms with Crippen molar-refractivity contribution in [2.24, 2.45) is 10.9 Å². The van der Waals surface area contributed by atoms with Crippen LogP contribution in [0, 0.1) is 5.92 Å². The summed E-state index contributed by atoms with van der Waals surface area (Å²) >= 11 is 0. The highest BCUT2D eigenvalue weighted by Gasteiger charge is 2.35. The molecule has 1 rings (SSSR count). The third-order valence-electron chi connectivity index (χ3n) is 4.50. The summed E-state index contributed by atoms with van der Waals surface area (Å²) < 4.78 is 49.0. The van der Waals surface area contributed by atoms with Crippen LogP contribution in [0.4, 0.5) is 13.2 Å². The lowest BCUT2D eigenvalue weighted by molar-refractivity contribution is -0.121. The van der Waals surface area contributed by atoms with Crippen molar-refractivity contribution < 1.29 is 37.3 Å². The van der Waals surface area contributed by atoms with Gasteiger partial charge in [-0.3, -0.25) is 9.59 Å². The van der Waals surface area contributed by atoms with Crippen molar-refractivity contribution in [1.82, 2.24) is 0 Å². The Hall–Kier alpha value is -2.26. The second-order valence-corrected chi connectivity index (χ2v) is 6.46. The van der Waals surface area contributed by atoms with Crippen LogP contribution in [0.2, 0.25) is 0 Å². The summed E-state index contributed by atoms with van der Waals surface area (Å²) in [6.45, 7) is 5.86. The predicted molar refractivity (Wildman–Crippen MR) is 102 cm³/mol. The number of carbonyl (C=O) groups is 2. The quantitative estimate of drug-likeness (QED) is 0.192. The molecule has 0 saturated carbocycles. The van der Waals surface area contributed by atoms with Crippen LogP contribution in [0.1, 0.15) is 33.1 Å². The minimum absolute atomic E-state index is 0.0595. The van der Waals surface area contributed by atoms with Crippen molar-refractivity contribution in [3.63, 3.8) is 0 Å². The van der Waals surface area contributed by atoms with E-state index in [0.29, 0.717) is 12.8 Å². The average molecular weight is 417 g/mol. The van der Waals surface area contributed by atoms with Gasteiger partial charge in [-0.1, -0.05) is 19.6 Å². The van der Waals surface area contributed by atoms with E-state index in [-0.39, 0.29) is 42.6 Å². The average Bonchev–Trinajstić information content (AvgIpc) is 2.65. The number of hydrogen-bond donors (Lipinski definition) is 1. The molecule has 29 heavy (non-hydrogen) atoms. The van der Waals surface area contributed by atoms with Crippen molar-refractivity contribution in [3.05, 3.63) is 35.3 Å². The fourth-order valence-corrected chi connectivity index (χ4v) is 2.78. The summed E-state index contributed by atoms with van der Waals surface area (Å²) in [6.07, 6.45) is -2.70. The first kappa shape index (κ1) is 24.8. The van der Waals surface area contributed by atoms with Gasteiger partial charge in [-0.05, 0) is 19.8 Å². The normalized spacial score (nSPS) is 19.3. The fraction of sp³-hybridized carbons (Fsp3) is 0.550. The lowest BCUT2D eigenvalue weighted by atomic mass is 9.82. The number of methoxy groups -OCH3 is 1. The summed E-state index contributed by atoms with van der Waals surface area (Å²) in [4.78, 5) is 28.8. The molecule has 1 aliphatic rings. The largest absolute Gasteiger partial charge is 0.511 e. The number of allylic oxidation sites excluding steroid dienone is 4. The molecule has 0 radical (unpaired) electrons. The topological polar surface area (TPSA) is 85.2 Å². The van der Waals surface area contributed by atoms with Gasteiger partial charge in [-0.2, -0.15) is 13.2 Å². The Balaban J connectivity index is 3.46. The Bertz CT molecular complexity index is 735. The van der Waals surface area contributed by atoms with Crippen molar-refractivity contribution in [3.8, 4) is 0 Å². The van der Waals surface area contributed by atoms with E-state index >= 15 is 0 Å². The SMILES string of the molecule is C=C/C(C(=O)C1=C(O)C(CC)CCC1=O)=C(COCCOC)\N=C(/C)C(F)(F)F. The Labute approximate surface area is 167 Å². The molecule has 1 unspecified atom stereocenters. The van der Waals surface area contributed by atoms with Crippen LogP contribution in [-0.4, -0.2) is 55.5 Å². The maximum Gasteiger partial charge on any atom is 0.429 e. The van der Waals surface area contributed by atoms with Gasteiger partial charge in [0, 0.05) is 25.0 Å². The van der Waals surface area contributed by atoms with Crippen LogP contribution in [0.15, 0.2) is 40.2 Å². The number of rotatable bonds is 10. The minimum Gasteiger partial charge on any atom is -0.511 e. The van der Waals surface area contributed by atoms with Crippen LogP contribution in [0.5, 0.6) is 0 Å². The van der Waals surface area contributed by atoms with Crippen molar-refractivity contribution in [2.45, 2.75) is 39.3 Å². The lowest BCUT2D eigenvalue weighted by Gasteiger charge is -2.22. The summed E-state index contributed by atoms with van der Waals surface area (Å²) in [5, 5.41) is 10.4. The zero-order chi connectivity index (χ0) is 22.2. The summed E-state index contributed by atoms with van der Waals surface area (Å²) in [5.74, 6) is -2.18. The van der Waals surface area contributed by atoms with E-state index < -0.39 is 35.6 Å². The van der Waals surface area contributed by atoms with Crippen LogP contribution >= 0.6 is 0 Å². The molecule has 0 amide bonds. The monoisotopic (exact) mass is 417 g/mol. The van der Waals surface area contributed by atoms with Crippen LogP contribution in [-0.2, 0) is 19.1 Å². The van der Waals surface area contributed by atoms with Gasteiger partial charge >= 0.3 is 6.18 Å². The zero-order valence-electron chi connectivity index (χ0n) is 16.8. The Morgan fingerprint density at radius 2 is 2.03 bits per heavy atom. The maximum absolute atomic E-state index is 13.0. The first-order valence-electron chi connectivity index (χ1n) is 9.14. The molecule has 0 aromatic rings. The fourth-order valence-electron chi connectivity index (χ4n) is 2.78. The number of halogens is 3. The molecule has 0 heterocycles. The molecule has 6 nitrogen and oxygen atoms in total. The number of alkyl halides is 3. The molecule has 0 bridgehead atoms. The summed E-state index contributed by atoms with van der Waals surface area (Å²) in [5.41, 5.74) is -2.26. The second-order valence-electron chi connectivity index (χ2n) is 6.46. The molecule has 162 valence electrons. The molecule has 1 N–H and O–H groups in total. The third-order valence-corrected chi connectivity index (χ3v) is 4.50. The molecule has 0 fully saturated rings. The number of ether oxygens (including phenoxy) is 2. The van der Waals surface area contributed by atoms with Crippen molar-refractivity contribution in [2.75, 3.05) is 26.9 Å². The molecular weight excluding hydrogens is 391 g/mol. The van der Waals surface area contributed by atoms with Gasteiger partial charge in [-0.25, -0.2) is 4.99 Å². The van der Waals surface area contributed by atoms with Crippen LogP contribution in [0.25, 0.3) is 0 Å². The van der Waals surface area contributed by atoms with Gasteiger partial charge in [0.1, 0.15) is 17.0 Å². The van der Waals surface area contributed by atoms with Gasteiger partial charge in [0.05, 0.1) is 25.5 Å². The van der Waals surface area contributed by atoms with Gasteiger partial charge < -0.3 is 14.6 Å². The first-order chi connectivity index (χ1) is 13.6. The molecule has 1 aliphatic carbocycles. The van der Waals surface area contributed by atoms with Crippen molar-refractivity contribution >= 4 is 17.3 Å². The van der Waals surface area contributed by atoms with E-state index in [0.717, 1.165) is 13.0 Å². The number of nitrogens with zero attached hydrogens (tertiary/aromatic N) is 1.